The molecule has 0 aliphatic rings. The van der Waals surface area contributed by atoms with Crippen LogP contribution in [0.3, 0.4) is 0 Å². The molecule has 1 atom stereocenters. The van der Waals surface area contributed by atoms with Crippen LogP contribution >= 0.6 is 11.6 Å². The van der Waals surface area contributed by atoms with E-state index in [0.717, 1.165) is 44.5 Å². The van der Waals surface area contributed by atoms with Gasteiger partial charge >= 0.3 is 0 Å². The van der Waals surface area contributed by atoms with Crippen LogP contribution in [0.15, 0.2) is 108 Å². The highest BCUT2D eigenvalue weighted by Crippen LogP contribution is 2.35. The number of hydrogen-bond donors (Lipinski definition) is 1. The van der Waals surface area contributed by atoms with Crippen molar-refractivity contribution in [1.82, 2.24) is 4.98 Å². The SMILES string of the molecule is COc1ccc(C(c2ccc(Cl)cc2)c2ccc3[nH]c(=O)cc(/C=C/c4ccccc4)c3c2)cc1. The maximum atomic E-state index is 12.4. The van der Waals surface area contributed by atoms with E-state index in [1.807, 2.05) is 72.8 Å². The number of nitrogens with one attached hydrogen (secondary N) is 1. The van der Waals surface area contributed by atoms with Gasteiger partial charge in [-0.3, -0.25) is 4.79 Å². The number of ether oxygens (including phenoxy) is 1. The molecule has 1 unspecified atom stereocenters. The van der Waals surface area contributed by atoms with Gasteiger partial charge in [0, 0.05) is 27.9 Å². The van der Waals surface area contributed by atoms with Crippen LogP contribution in [0.5, 0.6) is 5.75 Å². The van der Waals surface area contributed by atoms with Gasteiger partial charge in [-0.25, -0.2) is 0 Å². The Bertz CT molecular complexity index is 1540. The maximum absolute atomic E-state index is 12.4. The first-order valence-corrected chi connectivity index (χ1v) is 11.8. The molecule has 1 heterocycles. The molecule has 4 aromatic carbocycles. The van der Waals surface area contributed by atoms with Gasteiger partial charge in [0.2, 0.25) is 5.56 Å². The van der Waals surface area contributed by atoms with Crippen LogP contribution in [0.25, 0.3) is 23.1 Å². The van der Waals surface area contributed by atoms with Crippen molar-refractivity contribution in [2.75, 3.05) is 7.11 Å². The third-order valence-corrected chi connectivity index (χ3v) is 6.39. The van der Waals surface area contributed by atoms with E-state index in [0.29, 0.717) is 5.02 Å². The number of benzene rings is 4. The van der Waals surface area contributed by atoms with Gasteiger partial charge in [-0.05, 0) is 64.2 Å². The second-order valence-electron chi connectivity index (χ2n) is 8.40. The molecule has 0 fully saturated rings. The highest BCUT2D eigenvalue weighted by atomic mass is 35.5. The highest BCUT2D eigenvalue weighted by molar-refractivity contribution is 6.30. The molecule has 1 aromatic heterocycles. The molecule has 5 rings (SSSR count). The fourth-order valence-corrected chi connectivity index (χ4v) is 4.52. The normalized spacial score (nSPS) is 12.2. The number of hydrogen-bond acceptors (Lipinski definition) is 2. The van der Waals surface area contributed by atoms with Gasteiger partial charge in [-0.15, -0.1) is 0 Å². The van der Waals surface area contributed by atoms with Crippen LogP contribution in [0, 0.1) is 0 Å². The first kappa shape index (κ1) is 22.7. The molecule has 0 amide bonds. The second kappa shape index (κ2) is 10.0. The summed E-state index contributed by atoms with van der Waals surface area (Å²) in [5, 5.41) is 1.69. The molecule has 3 nitrogen and oxygen atoms in total. The lowest BCUT2D eigenvalue weighted by atomic mass is 9.84. The van der Waals surface area contributed by atoms with Crippen LogP contribution in [0.4, 0.5) is 0 Å². The summed E-state index contributed by atoms with van der Waals surface area (Å²) in [6.45, 7) is 0. The summed E-state index contributed by atoms with van der Waals surface area (Å²) in [6.07, 6.45) is 4.03. The third-order valence-electron chi connectivity index (χ3n) is 6.14. The van der Waals surface area contributed by atoms with Gasteiger partial charge in [-0.1, -0.05) is 84.4 Å². The molecule has 0 radical (unpaired) electrons. The number of halogens is 1. The smallest absolute Gasteiger partial charge is 0.249 e. The van der Waals surface area contributed by atoms with E-state index in [4.69, 9.17) is 16.3 Å². The molecule has 0 spiro atoms. The number of pyridine rings is 1. The van der Waals surface area contributed by atoms with E-state index in [1.165, 1.54) is 0 Å². The van der Waals surface area contributed by atoms with Gasteiger partial charge in [-0.2, -0.15) is 0 Å². The van der Waals surface area contributed by atoms with Crippen molar-refractivity contribution in [2.45, 2.75) is 5.92 Å². The van der Waals surface area contributed by atoms with E-state index < -0.39 is 0 Å². The van der Waals surface area contributed by atoms with E-state index in [9.17, 15) is 4.79 Å². The Labute approximate surface area is 209 Å². The molecule has 0 aliphatic heterocycles. The zero-order valence-corrected chi connectivity index (χ0v) is 20.0. The number of methoxy groups -OCH3 is 1. The van der Waals surface area contributed by atoms with Crippen molar-refractivity contribution in [3.8, 4) is 5.75 Å². The fourth-order valence-electron chi connectivity index (χ4n) is 4.39. The summed E-state index contributed by atoms with van der Waals surface area (Å²) in [6, 6.07) is 34.0. The van der Waals surface area contributed by atoms with E-state index in [-0.39, 0.29) is 11.5 Å². The van der Waals surface area contributed by atoms with E-state index in [2.05, 4.69) is 41.4 Å². The molecule has 4 heteroatoms. The summed E-state index contributed by atoms with van der Waals surface area (Å²) in [7, 11) is 1.67. The van der Waals surface area contributed by atoms with Gasteiger partial charge in [0.15, 0.2) is 0 Å². The average molecular weight is 478 g/mol. The van der Waals surface area contributed by atoms with Gasteiger partial charge in [0.1, 0.15) is 5.75 Å². The highest BCUT2D eigenvalue weighted by Gasteiger charge is 2.18. The topological polar surface area (TPSA) is 42.1 Å². The van der Waals surface area contributed by atoms with Crippen molar-refractivity contribution in [2.24, 2.45) is 0 Å². The maximum Gasteiger partial charge on any atom is 0.249 e. The molecule has 0 aliphatic carbocycles. The number of rotatable bonds is 6. The Morgan fingerprint density at radius 3 is 2.11 bits per heavy atom. The first-order valence-electron chi connectivity index (χ1n) is 11.4. The minimum Gasteiger partial charge on any atom is -0.497 e. The molecule has 0 saturated carbocycles. The molecular formula is C31H24ClNO2. The lowest BCUT2D eigenvalue weighted by molar-refractivity contribution is 0.414. The fraction of sp³-hybridized carbons (Fsp3) is 0.0645. The monoisotopic (exact) mass is 477 g/mol. The summed E-state index contributed by atoms with van der Waals surface area (Å²) >= 11 is 6.19. The average Bonchev–Trinajstić information content (AvgIpc) is 2.89. The van der Waals surface area contributed by atoms with Crippen LogP contribution < -0.4 is 10.3 Å². The van der Waals surface area contributed by atoms with Crippen molar-refractivity contribution >= 4 is 34.7 Å². The predicted octanol–water partition coefficient (Wildman–Crippen LogP) is 7.54. The van der Waals surface area contributed by atoms with Gasteiger partial charge < -0.3 is 9.72 Å². The molecule has 172 valence electrons. The molecule has 35 heavy (non-hydrogen) atoms. The second-order valence-corrected chi connectivity index (χ2v) is 8.83. The Morgan fingerprint density at radius 1 is 0.771 bits per heavy atom. The van der Waals surface area contributed by atoms with Crippen molar-refractivity contribution < 1.29 is 4.74 Å². The Kier molecular flexibility index (Phi) is 6.51. The number of aromatic nitrogens is 1. The van der Waals surface area contributed by atoms with Crippen molar-refractivity contribution in [3.63, 3.8) is 0 Å². The number of H-pyrrole nitrogens is 1. The van der Waals surface area contributed by atoms with Crippen LogP contribution in [0.1, 0.15) is 33.7 Å². The van der Waals surface area contributed by atoms with Crippen molar-refractivity contribution in [1.29, 1.82) is 0 Å². The minimum atomic E-state index is -0.123. The lowest BCUT2D eigenvalue weighted by Gasteiger charge is -2.20. The van der Waals surface area contributed by atoms with Gasteiger partial charge in [0.25, 0.3) is 0 Å². The third kappa shape index (κ3) is 5.06. The standard InChI is InChI=1S/C31H24ClNO2/c1-35-27-16-11-23(12-17-27)31(22-9-14-26(32)15-10-22)25-13-18-29-28(19-25)24(20-30(34)33-29)8-7-21-5-3-2-4-6-21/h2-20,31H,1H3,(H,33,34)/b8-7+. The first-order chi connectivity index (χ1) is 17.1. The van der Waals surface area contributed by atoms with Crippen LogP contribution in [-0.2, 0) is 0 Å². The summed E-state index contributed by atoms with van der Waals surface area (Å²) in [5.41, 5.74) is 6.02. The van der Waals surface area contributed by atoms with E-state index >= 15 is 0 Å². The lowest BCUT2D eigenvalue weighted by Crippen LogP contribution is -2.07. The van der Waals surface area contributed by atoms with Crippen LogP contribution in [-0.4, -0.2) is 12.1 Å². The predicted molar refractivity (Wildman–Crippen MR) is 145 cm³/mol. The largest absolute Gasteiger partial charge is 0.497 e. The van der Waals surface area contributed by atoms with Crippen LogP contribution in [0.2, 0.25) is 5.02 Å². The number of fused-ring (bicyclic) bond motifs is 1. The Morgan fingerprint density at radius 2 is 1.43 bits per heavy atom. The number of aromatic amines is 1. The zero-order chi connectivity index (χ0) is 24.2. The van der Waals surface area contributed by atoms with Crippen molar-refractivity contribution in [3.05, 3.63) is 146 Å². The summed E-state index contributed by atoms with van der Waals surface area (Å²) in [4.78, 5) is 15.3. The molecule has 1 N–H and O–H groups in total. The minimum absolute atomic E-state index is 0.0135. The zero-order valence-electron chi connectivity index (χ0n) is 19.2. The molecule has 5 aromatic rings. The Hall–Kier alpha value is -4.08. The summed E-state index contributed by atoms with van der Waals surface area (Å²) in [5.74, 6) is 0.800. The molecule has 0 saturated heterocycles. The van der Waals surface area contributed by atoms with Gasteiger partial charge in [0.05, 0.1) is 7.11 Å². The molecule has 0 bridgehead atoms. The molecular weight excluding hydrogens is 454 g/mol. The quantitative estimate of drug-likeness (QED) is 0.257. The Balaban J connectivity index is 1.65. The van der Waals surface area contributed by atoms with E-state index in [1.54, 1.807) is 13.2 Å². The summed E-state index contributed by atoms with van der Waals surface area (Å²) < 4.78 is 5.37.